The van der Waals surface area contributed by atoms with Crippen LogP contribution in [0.4, 0.5) is 5.69 Å². The van der Waals surface area contributed by atoms with E-state index < -0.39 is 0 Å². The first-order valence-corrected chi connectivity index (χ1v) is 9.91. The van der Waals surface area contributed by atoms with E-state index in [-0.39, 0.29) is 11.6 Å². The fraction of sp³-hybridized carbons (Fsp3) is 0.455. The predicted molar refractivity (Wildman–Crippen MR) is 110 cm³/mol. The highest BCUT2D eigenvalue weighted by molar-refractivity contribution is 6.22. The van der Waals surface area contributed by atoms with E-state index in [1.165, 1.54) is 22.9 Å². The molecule has 0 amide bonds. The van der Waals surface area contributed by atoms with Crippen LogP contribution in [0.25, 0.3) is 0 Å². The Morgan fingerprint density at radius 2 is 1.36 bits per heavy atom. The average Bonchev–Trinajstić information content (AvgIpc) is 3.49. The molecule has 1 aromatic carbocycles. The number of anilines is 1. The summed E-state index contributed by atoms with van der Waals surface area (Å²) in [5, 5.41) is 0. The molecule has 0 radical (unpaired) electrons. The normalized spacial score (nSPS) is 20.0. The molecule has 28 heavy (non-hydrogen) atoms. The van der Waals surface area contributed by atoms with Crippen LogP contribution in [-0.2, 0) is 9.59 Å². The van der Waals surface area contributed by atoms with Gasteiger partial charge in [0.1, 0.15) is 11.4 Å². The molecule has 0 saturated carbocycles. The smallest absolute Gasteiger partial charge is 0.227 e. The van der Waals surface area contributed by atoms with Crippen LogP contribution in [0, 0.1) is 13.8 Å². The third kappa shape index (κ3) is 3.77. The van der Waals surface area contributed by atoms with Gasteiger partial charge in [-0.2, -0.15) is 0 Å². The standard InChI is InChI=1S/C12H13N3O2.C10H15N/c16-9-7-8(13-1-2-13)12(17)11(15-5-6-15)10(9)14-3-4-14;1-8-5-6-10(11(3)4)7-9(8)2/h7H,1-6H2;5-7H,1-4H3. The minimum absolute atomic E-state index is 0.00546. The molecule has 0 bridgehead atoms. The molecular formula is C22H28N4O2. The summed E-state index contributed by atoms with van der Waals surface area (Å²) in [7, 11) is 4.12. The lowest BCUT2D eigenvalue weighted by molar-refractivity contribution is -0.117. The van der Waals surface area contributed by atoms with Crippen LogP contribution in [0.5, 0.6) is 0 Å². The summed E-state index contributed by atoms with van der Waals surface area (Å²) in [5.74, 6) is 0.0485. The summed E-state index contributed by atoms with van der Waals surface area (Å²) in [6.07, 6.45) is 1.52. The number of benzene rings is 1. The Bertz CT molecular complexity index is 888. The molecule has 3 heterocycles. The fourth-order valence-corrected chi connectivity index (χ4v) is 3.28. The first-order valence-electron chi connectivity index (χ1n) is 9.91. The molecule has 0 aromatic heterocycles. The summed E-state index contributed by atoms with van der Waals surface area (Å²) in [4.78, 5) is 32.6. The third-order valence-corrected chi connectivity index (χ3v) is 5.49. The van der Waals surface area contributed by atoms with Gasteiger partial charge < -0.3 is 19.6 Å². The van der Waals surface area contributed by atoms with Gasteiger partial charge in [-0.1, -0.05) is 6.07 Å². The van der Waals surface area contributed by atoms with Gasteiger partial charge >= 0.3 is 0 Å². The maximum atomic E-state index is 12.4. The van der Waals surface area contributed by atoms with Gasteiger partial charge in [0.2, 0.25) is 11.6 Å². The van der Waals surface area contributed by atoms with Crippen molar-refractivity contribution in [2.75, 3.05) is 58.3 Å². The highest BCUT2D eigenvalue weighted by Crippen LogP contribution is 2.33. The van der Waals surface area contributed by atoms with Crippen molar-refractivity contribution >= 4 is 17.3 Å². The largest absolute Gasteiger partial charge is 0.378 e. The van der Waals surface area contributed by atoms with Crippen molar-refractivity contribution in [3.05, 3.63) is 52.5 Å². The van der Waals surface area contributed by atoms with Crippen LogP contribution in [0.1, 0.15) is 11.1 Å². The van der Waals surface area contributed by atoms with Gasteiger partial charge in [0, 0.05) is 65.1 Å². The van der Waals surface area contributed by atoms with Gasteiger partial charge in [-0.15, -0.1) is 0 Å². The van der Waals surface area contributed by atoms with Crippen LogP contribution >= 0.6 is 0 Å². The number of nitrogens with zero attached hydrogens (tertiary/aromatic N) is 4. The first-order chi connectivity index (χ1) is 13.4. The first kappa shape index (κ1) is 18.6. The zero-order valence-electron chi connectivity index (χ0n) is 17.2. The fourth-order valence-electron chi connectivity index (χ4n) is 3.28. The Labute approximate surface area is 166 Å². The Kier molecular flexibility index (Phi) is 4.65. The Hall–Kier alpha value is -2.76. The van der Waals surface area contributed by atoms with Crippen LogP contribution in [0.2, 0.25) is 0 Å². The molecule has 6 heteroatoms. The number of ketones is 2. The minimum Gasteiger partial charge on any atom is -0.378 e. The summed E-state index contributed by atoms with van der Waals surface area (Å²) < 4.78 is 0. The number of hydrogen-bond donors (Lipinski definition) is 0. The quantitative estimate of drug-likeness (QED) is 0.584. The van der Waals surface area contributed by atoms with Crippen LogP contribution in [-0.4, -0.2) is 79.6 Å². The number of hydrogen-bond acceptors (Lipinski definition) is 6. The van der Waals surface area contributed by atoms with E-state index >= 15 is 0 Å². The average molecular weight is 380 g/mol. The van der Waals surface area contributed by atoms with Gasteiger partial charge in [0.05, 0.1) is 5.70 Å². The van der Waals surface area contributed by atoms with Crippen LogP contribution < -0.4 is 4.90 Å². The van der Waals surface area contributed by atoms with Gasteiger partial charge in [0.15, 0.2) is 0 Å². The summed E-state index contributed by atoms with van der Waals surface area (Å²) in [6, 6.07) is 6.50. The van der Waals surface area contributed by atoms with E-state index in [0.717, 1.165) is 39.3 Å². The lowest BCUT2D eigenvalue weighted by atomic mass is 10.0. The van der Waals surface area contributed by atoms with Crippen molar-refractivity contribution in [2.24, 2.45) is 0 Å². The van der Waals surface area contributed by atoms with Crippen molar-refractivity contribution in [3.63, 3.8) is 0 Å². The lowest BCUT2D eigenvalue weighted by Crippen LogP contribution is -2.29. The topological polar surface area (TPSA) is 46.4 Å². The van der Waals surface area contributed by atoms with Gasteiger partial charge in [0.25, 0.3) is 0 Å². The molecule has 1 aromatic rings. The lowest BCUT2D eigenvalue weighted by Gasteiger charge is -2.21. The SMILES string of the molecule is Cc1ccc(N(C)C)cc1C.O=C1C=C(N2CC2)C(=O)C(N2CC2)=C1N1CC1. The predicted octanol–water partition coefficient (Wildman–Crippen LogP) is 1.55. The third-order valence-electron chi connectivity index (χ3n) is 5.49. The van der Waals surface area contributed by atoms with Crippen molar-refractivity contribution in [1.29, 1.82) is 0 Å². The molecule has 0 N–H and O–H groups in total. The highest BCUT2D eigenvalue weighted by atomic mass is 16.1. The summed E-state index contributed by atoms with van der Waals surface area (Å²) >= 11 is 0. The zero-order chi connectivity index (χ0) is 20.0. The second-order valence-corrected chi connectivity index (χ2v) is 8.04. The molecule has 3 saturated heterocycles. The molecule has 4 aliphatic rings. The van der Waals surface area contributed by atoms with Crippen LogP contribution in [0.15, 0.2) is 41.4 Å². The number of carbonyl (C=O) groups is 2. The number of aryl methyl sites for hydroxylation is 2. The number of carbonyl (C=O) groups excluding carboxylic acids is 2. The van der Waals surface area contributed by atoms with E-state index in [9.17, 15) is 9.59 Å². The molecule has 148 valence electrons. The Morgan fingerprint density at radius 1 is 0.786 bits per heavy atom. The highest BCUT2D eigenvalue weighted by Gasteiger charge is 2.43. The van der Waals surface area contributed by atoms with E-state index in [1.807, 2.05) is 14.7 Å². The van der Waals surface area contributed by atoms with E-state index in [2.05, 4.69) is 51.0 Å². The Balaban J connectivity index is 0.000000153. The Morgan fingerprint density at radius 3 is 1.86 bits per heavy atom. The van der Waals surface area contributed by atoms with Gasteiger partial charge in [-0.3, -0.25) is 9.59 Å². The molecule has 0 spiro atoms. The summed E-state index contributed by atoms with van der Waals surface area (Å²) in [6.45, 7) is 9.68. The van der Waals surface area contributed by atoms with E-state index in [4.69, 9.17) is 0 Å². The van der Waals surface area contributed by atoms with Crippen molar-refractivity contribution in [2.45, 2.75) is 13.8 Å². The molecular weight excluding hydrogens is 352 g/mol. The molecule has 3 aliphatic heterocycles. The number of Topliss-reactive ketones (excluding diaryl/α,β-unsaturated/α-hetero) is 1. The van der Waals surface area contributed by atoms with Gasteiger partial charge in [-0.25, -0.2) is 0 Å². The maximum absolute atomic E-state index is 12.4. The number of allylic oxidation sites excluding steroid dienone is 1. The molecule has 0 atom stereocenters. The second kappa shape index (κ2) is 7.00. The maximum Gasteiger partial charge on any atom is 0.227 e. The minimum atomic E-state index is 0.00546. The van der Waals surface area contributed by atoms with Crippen molar-refractivity contribution in [3.8, 4) is 0 Å². The molecule has 3 fully saturated rings. The van der Waals surface area contributed by atoms with E-state index in [0.29, 0.717) is 17.1 Å². The van der Waals surface area contributed by atoms with Crippen LogP contribution in [0.3, 0.4) is 0 Å². The van der Waals surface area contributed by atoms with Crippen molar-refractivity contribution < 1.29 is 9.59 Å². The molecule has 6 nitrogen and oxygen atoms in total. The summed E-state index contributed by atoms with van der Waals surface area (Å²) in [5.41, 5.74) is 5.87. The molecule has 5 rings (SSSR count). The molecule has 1 aliphatic carbocycles. The van der Waals surface area contributed by atoms with Crippen molar-refractivity contribution in [1.82, 2.24) is 14.7 Å². The van der Waals surface area contributed by atoms with Gasteiger partial charge in [-0.05, 0) is 37.1 Å². The zero-order valence-corrected chi connectivity index (χ0v) is 17.2. The molecule has 0 unspecified atom stereocenters. The van der Waals surface area contributed by atoms with E-state index in [1.54, 1.807) is 0 Å². The number of rotatable bonds is 4. The second-order valence-electron chi connectivity index (χ2n) is 8.04. The monoisotopic (exact) mass is 380 g/mol.